The Morgan fingerprint density at radius 2 is 0.904 bits per heavy atom. The monoisotopic (exact) mass is 726 g/mol. The number of methoxy groups -OCH3 is 6. The number of piperidine rings is 2. The van der Waals surface area contributed by atoms with Crippen molar-refractivity contribution in [1.29, 1.82) is 0 Å². The highest BCUT2D eigenvalue weighted by atomic mass is 16.5. The van der Waals surface area contributed by atoms with Crippen LogP contribution in [0.2, 0.25) is 0 Å². The van der Waals surface area contributed by atoms with Crippen LogP contribution in [0.15, 0.2) is 24.3 Å². The Bertz CT molecular complexity index is 1480. The summed E-state index contributed by atoms with van der Waals surface area (Å²) in [6, 6.07) is 8.91. The van der Waals surface area contributed by atoms with E-state index in [0.717, 1.165) is 58.9 Å². The van der Waals surface area contributed by atoms with E-state index in [-0.39, 0.29) is 42.4 Å². The SMILES string of the molecule is COc1cc(C[N+]2(C)[C@@H]3CC[C@H]2CC(C(CC(=O)O)(C(=O)O)C2C[C@H]4CC[C@@H](C2)[N+]4(C)Cc2cc(OC)c(OC)c(OC)c2)C3)cc(OC)c1OC. The van der Waals surface area contributed by atoms with Gasteiger partial charge in [0.15, 0.2) is 23.0 Å². The molecule has 0 amide bonds. The van der Waals surface area contributed by atoms with E-state index in [0.29, 0.717) is 60.2 Å². The molecule has 0 saturated carbocycles. The van der Waals surface area contributed by atoms with Gasteiger partial charge in [-0.25, -0.2) is 0 Å². The average Bonchev–Trinajstić information content (AvgIpc) is 3.36. The van der Waals surface area contributed by atoms with Crippen LogP contribution in [0.1, 0.15) is 68.9 Å². The number of quaternary nitrogens is 2. The first-order valence-electron chi connectivity index (χ1n) is 18.5. The van der Waals surface area contributed by atoms with Crippen LogP contribution in [0.3, 0.4) is 0 Å². The molecular weight excluding hydrogens is 668 g/mol. The minimum absolute atomic E-state index is 0.219. The second-order valence-corrected chi connectivity index (χ2v) is 16.1. The fourth-order valence-electron chi connectivity index (χ4n) is 11.4. The first-order valence-corrected chi connectivity index (χ1v) is 18.5. The van der Waals surface area contributed by atoms with Crippen molar-refractivity contribution in [1.82, 2.24) is 0 Å². The second-order valence-electron chi connectivity index (χ2n) is 16.1. The van der Waals surface area contributed by atoms with Gasteiger partial charge in [-0.3, -0.25) is 9.59 Å². The van der Waals surface area contributed by atoms with Gasteiger partial charge in [-0.05, 0) is 36.1 Å². The van der Waals surface area contributed by atoms with E-state index in [2.05, 4.69) is 14.1 Å². The number of aliphatic carboxylic acids is 2. The van der Waals surface area contributed by atoms with Crippen molar-refractivity contribution >= 4 is 11.9 Å². The number of benzene rings is 2. The van der Waals surface area contributed by atoms with E-state index < -0.39 is 17.4 Å². The zero-order valence-corrected chi connectivity index (χ0v) is 32.1. The average molecular weight is 727 g/mol. The third-order valence-electron chi connectivity index (χ3n) is 14.0. The highest BCUT2D eigenvalue weighted by Crippen LogP contribution is 2.59. The number of ether oxygens (including phenoxy) is 6. The molecule has 6 rings (SSSR count). The van der Waals surface area contributed by atoms with Crippen LogP contribution in [-0.2, 0) is 22.7 Å². The van der Waals surface area contributed by atoms with Gasteiger partial charge in [0.05, 0.1) is 92.8 Å². The summed E-state index contributed by atoms with van der Waals surface area (Å²) >= 11 is 0. The topological polar surface area (TPSA) is 130 Å². The van der Waals surface area contributed by atoms with E-state index in [1.54, 1.807) is 42.7 Å². The summed E-state index contributed by atoms with van der Waals surface area (Å²) in [5.74, 6) is 1.14. The quantitative estimate of drug-likeness (QED) is 0.219. The molecule has 12 heteroatoms. The molecule has 0 radical (unpaired) electrons. The molecule has 2 aromatic carbocycles. The summed E-state index contributed by atoms with van der Waals surface area (Å²) < 4.78 is 35.3. The molecule has 8 atom stereocenters. The zero-order valence-electron chi connectivity index (χ0n) is 32.1. The van der Waals surface area contributed by atoms with Gasteiger partial charge in [0, 0.05) is 62.5 Å². The second kappa shape index (κ2) is 14.5. The molecule has 0 aromatic heterocycles. The van der Waals surface area contributed by atoms with Crippen molar-refractivity contribution in [3.63, 3.8) is 0 Å². The fourth-order valence-corrected chi connectivity index (χ4v) is 11.4. The Morgan fingerprint density at radius 1 is 0.596 bits per heavy atom. The number of nitrogens with zero attached hydrogens (tertiary/aromatic N) is 2. The van der Waals surface area contributed by atoms with Gasteiger partial charge in [0.2, 0.25) is 11.5 Å². The third kappa shape index (κ3) is 6.19. The molecule has 4 saturated heterocycles. The first-order chi connectivity index (χ1) is 24.8. The van der Waals surface area contributed by atoms with Crippen LogP contribution in [0.25, 0.3) is 0 Å². The molecule has 286 valence electrons. The van der Waals surface area contributed by atoms with Crippen molar-refractivity contribution in [2.45, 2.75) is 95.0 Å². The molecule has 12 nitrogen and oxygen atoms in total. The van der Waals surface area contributed by atoms with E-state index in [4.69, 9.17) is 28.4 Å². The molecule has 52 heavy (non-hydrogen) atoms. The number of hydrogen-bond acceptors (Lipinski definition) is 8. The lowest BCUT2D eigenvalue weighted by Gasteiger charge is -2.55. The summed E-state index contributed by atoms with van der Waals surface area (Å²) in [6.07, 6.45) is 6.40. The van der Waals surface area contributed by atoms with Crippen molar-refractivity contribution in [2.24, 2.45) is 17.3 Å². The molecule has 2 aromatic rings. The number of carbonyl (C=O) groups is 2. The number of rotatable bonds is 15. The van der Waals surface area contributed by atoms with E-state index >= 15 is 0 Å². The zero-order chi connectivity index (χ0) is 37.6. The minimum Gasteiger partial charge on any atom is -0.493 e. The minimum atomic E-state index is -1.33. The van der Waals surface area contributed by atoms with Crippen LogP contribution in [0, 0.1) is 17.3 Å². The predicted octanol–water partition coefficient (Wildman–Crippen LogP) is 5.76. The van der Waals surface area contributed by atoms with Crippen LogP contribution < -0.4 is 28.4 Å². The number of hydrogen-bond donors (Lipinski definition) is 2. The first kappa shape index (κ1) is 37.8. The van der Waals surface area contributed by atoms with E-state index in [1.807, 2.05) is 24.3 Å². The van der Waals surface area contributed by atoms with Gasteiger partial charge in [-0.1, -0.05) is 0 Å². The smallest absolute Gasteiger partial charge is 0.310 e. The van der Waals surface area contributed by atoms with Gasteiger partial charge in [0.1, 0.15) is 13.1 Å². The maximum Gasteiger partial charge on any atom is 0.310 e. The molecule has 4 aliphatic heterocycles. The Labute approximate surface area is 307 Å². The summed E-state index contributed by atoms with van der Waals surface area (Å²) in [5, 5.41) is 21.7. The summed E-state index contributed by atoms with van der Waals surface area (Å²) in [7, 11) is 14.2. The largest absolute Gasteiger partial charge is 0.493 e. The molecule has 4 unspecified atom stereocenters. The van der Waals surface area contributed by atoms with E-state index in [1.165, 1.54) is 0 Å². The number of carboxylic acid groups (broad SMARTS) is 2. The summed E-state index contributed by atoms with van der Waals surface area (Å²) in [4.78, 5) is 26.5. The highest BCUT2D eigenvalue weighted by Gasteiger charge is 2.64. The van der Waals surface area contributed by atoms with Crippen molar-refractivity contribution in [2.75, 3.05) is 56.8 Å². The molecular formula is C40H58N2O10+2. The van der Waals surface area contributed by atoms with Crippen LogP contribution in [0.4, 0.5) is 0 Å². The standard InChI is InChI=1S/C40H56N2O10/c1-41(22-24-13-32(47-3)37(51-7)33(14-24)48-4)28-9-10-29(41)18-26(17-28)40(39(45)46,21-36(43)44)27-19-30-11-12-31(20-27)42(30,2)23-25-15-34(49-5)38(52-8)35(16-25)50-6/h13-16,26-31H,9-12,17-23H2,1-8H3/p+2/t26?,27?,28-,29+,30-,31+,40?,41?,42?. The van der Waals surface area contributed by atoms with Gasteiger partial charge in [-0.2, -0.15) is 0 Å². The Hall–Kier alpha value is -3.90. The molecule has 0 aliphatic carbocycles. The molecule has 2 N–H and O–H groups in total. The van der Waals surface area contributed by atoms with Gasteiger partial charge < -0.3 is 47.6 Å². The predicted molar refractivity (Wildman–Crippen MR) is 193 cm³/mol. The van der Waals surface area contributed by atoms with Gasteiger partial charge in [0.25, 0.3) is 0 Å². The maximum absolute atomic E-state index is 13.8. The number of fused-ring (bicyclic) bond motifs is 4. The normalized spacial score (nSPS) is 31.7. The Balaban J connectivity index is 1.28. The number of carboxylic acids is 2. The molecule has 4 bridgehead atoms. The lowest BCUT2D eigenvalue weighted by Crippen LogP contribution is -2.63. The lowest BCUT2D eigenvalue weighted by molar-refractivity contribution is -0.963. The summed E-state index contributed by atoms with van der Waals surface area (Å²) in [6.45, 7) is 1.48. The molecule has 4 heterocycles. The Morgan fingerprint density at radius 3 is 1.13 bits per heavy atom. The maximum atomic E-state index is 13.8. The van der Waals surface area contributed by atoms with Gasteiger partial charge >= 0.3 is 11.9 Å². The van der Waals surface area contributed by atoms with Crippen molar-refractivity contribution in [3.05, 3.63) is 35.4 Å². The van der Waals surface area contributed by atoms with E-state index in [9.17, 15) is 19.8 Å². The molecule has 4 aliphatic rings. The van der Waals surface area contributed by atoms with Crippen molar-refractivity contribution in [3.8, 4) is 34.5 Å². The lowest BCUT2D eigenvalue weighted by atomic mass is 9.57. The van der Waals surface area contributed by atoms with Crippen LogP contribution in [0.5, 0.6) is 34.5 Å². The summed E-state index contributed by atoms with van der Waals surface area (Å²) in [5.41, 5.74) is 0.800. The highest BCUT2D eigenvalue weighted by molar-refractivity contribution is 5.82. The van der Waals surface area contributed by atoms with Crippen LogP contribution in [-0.4, -0.2) is 112 Å². The third-order valence-corrected chi connectivity index (χ3v) is 14.0. The fraction of sp³-hybridized carbons (Fsp3) is 0.650. The van der Waals surface area contributed by atoms with Crippen molar-refractivity contribution < 1.29 is 57.2 Å². The van der Waals surface area contributed by atoms with Gasteiger partial charge in [-0.15, -0.1) is 0 Å². The molecule has 0 spiro atoms. The van der Waals surface area contributed by atoms with Crippen LogP contribution >= 0.6 is 0 Å². The Kier molecular flexibility index (Phi) is 10.5. The molecule has 4 fully saturated rings.